The highest BCUT2D eigenvalue weighted by atomic mass is 19.1. The Labute approximate surface area is 114 Å². The number of hydrogen-bond acceptors (Lipinski definition) is 1. The van der Waals surface area contributed by atoms with Crippen molar-refractivity contribution in [3.63, 3.8) is 0 Å². The molecule has 1 nitrogen and oxygen atoms in total. The van der Waals surface area contributed by atoms with Crippen LogP contribution in [-0.4, -0.2) is 0 Å². The van der Waals surface area contributed by atoms with Crippen molar-refractivity contribution in [2.75, 3.05) is 0 Å². The van der Waals surface area contributed by atoms with E-state index in [4.69, 9.17) is 5.73 Å². The highest BCUT2D eigenvalue weighted by Gasteiger charge is 2.10. The second kappa shape index (κ2) is 5.98. The van der Waals surface area contributed by atoms with Crippen LogP contribution in [0.25, 0.3) is 11.1 Å². The molecule has 100 valence electrons. The molecule has 2 aromatic carbocycles. The minimum absolute atomic E-state index is 0.106. The summed E-state index contributed by atoms with van der Waals surface area (Å²) in [6, 6.07) is 13.0. The topological polar surface area (TPSA) is 26.0 Å². The van der Waals surface area contributed by atoms with Gasteiger partial charge in [-0.25, -0.2) is 4.39 Å². The fourth-order valence-corrected chi connectivity index (χ4v) is 2.36. The van der Waals surface area contributed by atoms with Crippen LogP contribution in [0.4, 0.5) is 4.39 Å². The van der Waals surface area contributed by atoms with E-state index in [-0.39, 0.29) is 11.9 Å². The first kappa shape index (κ1) is 13.8. The van der Waals surface area contributed by atoms with Crippen LogP contribution < -0.4 is 5.73 Å². The number of rotatable bonds is 4. The SMILES string of the molecule is CCCc1cccc(-c2cc(F)ccc2C(C)N)c1. The largest absolute Gasteiger partial charge is 0.324 e. The summed E-state index contributed by atoms with van der Waals surface area (Å²) in [5.74, 6) is -0.222. The van der Waals surface area contributed by atoms with Gasteiger partial charge >= 0.3 is 0 Å². The van der Waals surface area contributed by atoms with Crippen molar-refractivity contribution in [2.45, 2.75) is 32.7 Å². The van der Waals surface area contributed by atoms with Gasteiger partial charge in [-0.3, -0.25) is 0 Å². The first-order valence-corrected chi connectivity index (χ1v) is 6.76. The van der Waals surface area contributed by atoms with E-state index in [0.717, 1.165) is 29.5 Å². The van der Waals surface area contributed by atoms with Gasteiger partial charge in [-0.2, -0.15) is 0 Å². The Hall–Kier alpha value is -1.67. The van der Waals surface area contributed by atoms with E-state index in [1.165, 1.54) is 11.6 Å². The Morgan fingerprint density at radius 3 is 2.63 bits per heavy atom. The molecule has 0 saturated carbocycles. The Morgan fingerprint density at radius 1 is 1.16 bits per heavy atom. The van der Waals surface area contributed by atoms with Crippen LogP contribution in [0.1, 0.15) is 37.4 Å². The molecule has 0 aliphatic heterocycles. The van der Waals surface area contributed by atoms with Gasteiger partial charge in [0, 0.05) is 6.04 Å². The third-order valence-corrected chi connectivity index (χ3v) is 3.28. The molecule has 2 rings (SSSR count). The quantitative estimate of drug-likeness (QED) is 0.859. The van der Waals surface area contributed by atoms with E-state index in [2.05, 4.69) is 19.1 Å². The maximum absolute atomic E-state index is 13.5. The van der Waals surface area contributed by atoms with Crippen molar-refractivity contribution in [1.82, 2.24) is 0 Å². The van der Waals surface area contributed by atoms with Crippen molar-refractivity contribution in [1.29, 1.82) is 0 Å². The molecule has 1 unspecified atom stereocenters. The maximum atomic E-state index is 13.5. The average molecular weight is 257 g/mol. The standard InChI is InChI=1S/C17H20FN/c1-3-5-13-6-4-7-14(10-13)17-11-15(18)8-9-16(17)12(2)19/h4,6-12H,3,5,19H2,1-2H3. The second-order valence-electron chi connectivity index (χ2n) is 4.97. The number of aryl methyl sites for hydroxylation is 1. The van der Waals surface area contributed by atoms with Crippen LogP contribution in [0.5, 0.6) is 0 Å². The highest BCUT2D eigenvalue weighted by Crippen LogP contribution is 2.29. The number of benzene rings is 2. The van der Waals surface area contributed by atoms with Gasteiger partial charge in [-0.1, -0.05) is 43.7 Å². The monoisotopic (exact) mass is 257 g/mol. The molecule has 0 saturated heterocycles. The van der Waals surface area contributed by atoms with E-state index in [1.807, 2.05) is 19.1 Å². The molecule has 19 heavy (non-hydrogen) atoms. The summed E-state index contributed by atoms with van der Waals surface area (Å²) in [5.41, 5.74) is 10.2. The Kier molecular flexibility index (Phi) is 4.33. The zero-order chi connectivity index (χ0) is 13.8. The first-order chi connectivity index (χ1) is 9.11. The van der Waals surface area contributed by atoms with Crippen molar-refractivity contribution < 1.29 is 4.39 Å². The number of halogens is 1. The zero-order valence-corrected chi connectivity index (χ0v) is 11.5. The van der Waals surface area contributed by atoms with Gasteiger partial charge in [0.2, 0.25) is 0 Å². The van der Waals surface area contributed by atoms with Crippen molar-refractivity contribution >= 4 is 0 Å². The molecule has 0 spiro atoms. The van der Waals surface area contributed by atoms with Gasteiger partial charge in [0.15, 0.2) is 0 Å². The smallest absolute Gasteiger partial charge is 0.123 e. The molecule has 0 heterocycles. The van der Waals surface area contributed by atoms with E-state index >= 15 is 0 Å². The highest BCUT2D eigenvalue weighted by molar-refractivity contribution is 5.68. The van der Waals surface area contributed by atoms with Crippen LogP contribution in [0.15, 0.2) is 42.5 Å². The van der Waals surface area contributed by atoms with Crippen LogP contribution in [0.3, 0.4) is 0 Å². The van der Waals surface area contributed by atoms with Gasteiger partial charge in [0.25, 0.3) is 0 Å². The minimum Gasteiger partial charge on any atom is -0.324 e. The lowest BCUT2D eigenvalue weighted by atomic mass is 9.94. The predicted molar refractivity (Wildman–Crippen MR) is 78.4 cm³/mol. The molecule has 0 aliphatic rings. The van der Waals surface area contributed by atoms with Crippen LogP contribution in [0, 0.1) is 5.82 Å². The van der Waals surface area contributed by atoms with Crippen LogP contribution in [0.2, 0.25) is 0 Å². The van der Waals surface area contributed by atoms with E-state index < -0.39 is 0 Å². The first-order valence-electron chi connectivity index (χ1n) is 6.76. The molecule has 1 atom stereocenters. The molecule has 0 fully saturated rings. The average Bonchev–Trinajstić information content (AvgIpc) is 2.39. The van der Waals surface area contributed by atoms with Crippen molar-refractivity contribution in [2.24, 2.45) is 5.73 Å². The molecule has 0 radical (unpaired) electrons. The lowest BCUT2D eigenvalue weighted by Gasteiger charge is -2.14. The summed E-state index contributed by atoms with van der Waals surface area (Å²) in [7, 11) is 0. The van der Waals surface area contributed by atoms with Gasteiger partial charge in [-0.05, 0) is 47.7 Å². The van der Waals surface area contributed by atoms with Gasteiger partial charge < -0.3 is 5.73 Å². The lowest BCUT2D eigenvalue weighted by Crippen LogP contribution is -2.07. The van der Waals surface area contributed by atoms with E-state index in [1.54, 1.807) is 12.1 Å². The summed E-state index contributed by atoms with van der Waals surface area (Å²) < 4.78 is 13.5. The summed E-state index contributed by atoms with van der Waals surface area (Å²) >= 11 is 0. The molecule has 2 N–H and O–H groups in total. The molecule has 0 aliphatic carbocycles. The van der Waals surface area contributed by atoms with Crippen LogP contribution >= 0.6 is 0 Å². The van der Waals surface area contributed by atoms with Crippen molar-refractivity contribution in [3.8, 4) is 11.1 Å². The van der Waals surface area contributed by atoms with Crippen molar-refractivity contribution in [3.05, 3.63) is 59.4 Å². The molecule has 0 aromatic heterocycles. The second-order valence-corrected chi connectivity index (χ2v) is 4.97. The molecule has 0 amide bonds. The fourth-order valence-electron chi connectivity index (χ4n) is 2.36. The third-order valence-electron chi connectivity index (χ3n) is 3.28. The Morgan fingerprint density at radius 2 is 1.95 bits per heavy atom. The molecule has 2 aromatic rings. The molecular weight excluding hydrogens is 237 g/mol. The van der Waals surface area contributed by atoms with E-state index in [0.29, 0.717) is 0 Å². The zero-order valence-electron chi connectivity index (χ0n) is 11.5. The lowest BCUT2D eigenvalue weighted by molar-refractivity contribution is 0.626. The minimum atomic E-state index is -0.222. The molecular formula is C17H20FN. The summed E-state index contributed by atoms with van der Waals surface area (Å²) in [4.78, 5) is 0. The number of nitrogens with two attached hydrogens (primary N) is 1. The predicted octanol–water partition coefficient (Wildman–Crippen LogP) is 4.46. The normalized spacial score (nSPS) is 12.4. The summed E-state index contributed by atoms with van der Waals surface area (Å²) in [6.07, 6.45) is 2.14. The molecule has 2 heteroatoms. The third kappa shape index (κ3) is 3.21. The molecule has 0 bridgehead atoms. The fraction of sp³-hybridized carbons (Fsp3) is 0.294. The summed E-state index contributed by atoms with van der Waals surface area (Å²) in [6.45, 7) is 4.08. The van der Waals surface area contributed by atoms with Crippen LogP contribution in [-0.2, 0) is 6.42 Å². The number of hydrogen-bond donors (Lipinski definition) is 1. The Bertz CT molecular complexity index is 561. The van der Waals surface area contributed by atoms with Gasteiger partial charge in [-0.15, -0.1) is 0 Å². The van der Waals surface area contributed by atoms with Gasteiger partial charge in [0.05, 0.1) is 0 Å². The van der Waals surface area contributed by atoms with Gasteiger partial charge in [0.1, 0.15) is 5.82 Å². The maximum Gasteiger partial charge on any atom is 0.123 e. The summed E-state index contributed by atoms with van der Waals surface area (Å²) in [5, 5.41) is 0. The van der Waals surface area contributed by atoms with E-state index in [9.17, 15) is 4.39 Å². The Balaban J connectivity index is 2.51.